The molecular weight excluding hydrogens is 207 g/mol. The Bertz CT molecular complexity index is 441. The van der Waals surface area contributed by atoms with Crippen molar-refractivity contribution in [1.29, 1.82) is 0 Å². The molecule has 0 bridgehead atoms. The van der Waals surface area contributed by atoms with Gasteiger partial charge in [0.2, 0.25) is 0 Å². The van der Waals surface area contributed by atoms with Gasteiger partial charge >= 0.3 is 0 Å². The van der Waals surface area contributed by atoms with E-state index in [9.17, 15) is 4.39 Å². The fourth-order valence-corrected chi connectivity index (χ4v) is 1.61. The van der Waals surface area contributed by atoms with Crippen LogP contribution in [0.25, 0.3) is 0 Å². The molecule has 0 radical (unpaired) electrons. The van der Waals surface area contributed by atoms with E-state index in [1.54, 1.807) is 24.7 Å². The van der Waals surface area contributed by atoms with Gasteiger partial charge in [-0.3, -0.25) is 4.98 Å². The summed E-state index contributed by atoms with van der Waals surface area (Å²) >= 11 is 0. The van der Waals surface area contributed by atoms with Gasteiger partial charge in [-0.15, -0.1) is 0 Å². The van der Waals surface area contributed by atoms with Gasteiger partial charge in [0.05, 0.1) is 12.2 Å². The predicted octanol–water partition coefficient (Wildman–Crippen LogP) is 1.64. The van der Waals surface area contributed by atoms with Crippen molar-refractivity contribution in [1.82, 2.24) is 20.3 Å². The molecule has 16 heavy (non-hydrogen) atoms. The molecule has 0 spiro atoms. The second-order valence-corrected chi connectivity index (χ2v) is 3.36. The lowest BCUT2D eigenvalue weighted by Crippen LogP contribution is -2.24. The van der Waals surface area contributed by atoms with Crippen LogP contribution in [0.3, 0.4) is 0 Å². The van der Waals surface area contributed by atoms with Crippen LogP contribution in [-0.2, 0) is 0 Å². The normalized spacial score (nSPS) is 12.6. The van der Waals surface area contributed by atoms with Crippen molar-refractivity contribution in [2.75, 3.05) is 6.54 Å². The fourth-order valence-electron chi connectivity index (χ4n) is 1.61. The molecule has 84 valence electrons. The number of hydrogen-bond donors (Lipinski definition) is 2. The summed E-state index contributed by atoms with van der Waals surface area (Å²) < 4.78 is 13.6. The smallest absolute Gasteiger partial charge is 0.146 e. The average molecular weight is 220 g/mol. The number of halogens is 1. The minimum atomic E-state index is -0.329. The maximum absolute atomic E-state index is 13.6. The van der Waals surface area contributed by atoms with Crippen LogP contribution in [0, 0.1) is 5.82 Å². The van der Waals surface area contributed by atoms with Crippen LogP contribution in [0.2, 0.25) is 0 Å². The van der Waals surface area contributed by atoms with Gasteiger partial charge in [0.15, 0.2) is 0 Å². The zero-order chi connectivity index (χ0) is 11.4. The Hall–Kier alpha value is -1.75. The van der Waals surface area contributed by atoms with E-state index in [1.807, 2.05) is 6.92 Å². The van der Waals surface area contributed by atoms with Crippen LogP contribution < -0.4 is 5.32 Å². The molecule has 2 rings (SSSR count). The number of nitrogens with one attached hydrogen (secondary N) is 2. The van der Waals surface area contributed by atoms with E-state index >= 15 is 0 Å². The van der Waals surface area contributed by atoms with Gasteiger partial charge in [-0.05, 0) is 12.6 Å². The SMILES string of the molecule is CCNC(c1ncc[nH]1)c1ccncc1F. The molecule has 4 nitrogen and oxygen atoms in total. The fraction of sp³-hybridized carbons (Fsp3) is 0.273. The van der Waals surface area contributed by atoms with Crippen LogP contribution in [0.4, 0.5) is 4.39 Å². The lowest BCUT2D eigenvalue weighted by Gasteiger charge is -2.16. The first-order valence-electron chi connectivity index (χ1n) is 5.15. The summed E-state index contributed by atoms with van der Waals surface area (Å²) in [6, 6.07) is 1.40. The number of H-pyrrole nitrogens is 1. The van der Waals surface area contributed by atoms with E-state index in [0.717, 1.165) is 6.54 Å². The summed E-state index contributed by atoms with van der Waals surface area (Å²) in [4.78, 5) is 10.9. The maximum Gasteiger partial charge on any atom is 0.146 e. The Labute approximate surface area is 92.9 Å². The number of nitrogens with zero attached hydrogens (tertiary/aromatic N) is 2. The van der Waals surface area contributed by atoms with Crippen LogP contribution in [-0.4, -0.2) is 21.5 Å². The van der Waals surface area contributed by atoms with Crippen molar-refractivity contribution in [3.05, 3.63) is 48.1 Å². The van der Waals surface area contributed by atoms with Gasteiger partial charge in [-0.2, -0.15) is 0 Å². The van der Waals surface area contributed by atoms with Crippen LogP contribution in [0.1, 0.15) is 24.4 Å². The van der Waals surface area contributed by atoms with Gasteiger partial charge in [0.1, 0.15) is 11.6 Å². The third kappa shape index (κ3) is 2.09. The van der Waals surface area contributed by atoms with Crippen molar-refractivity contribution in [2.45, 2.75) is 13.0 Å². The molecule has 2 heterocycles. The highest BCUT2D eigenvalue weighted by Gasteiger charge is 2.18. The van der Waals surface area contributed by atoms with Crippen LogP contribution in [0.15, 0.2) is 30.9 Å². The zero-order valence-electron chi connectivity index (χ0n) is 8.94. The predicted molar refractivity (Wildman–Crippen MR) is 58.3 cm³/mol. The van der Waals surface area contributed by atoms with Gasteiger partial charge in [-0.25, -0.2) is 9.37 Å². The molecule has 0 aliphatic heterocycles. The largest absolute Gasteiger partial charge is 0.347 e. The van der Waals surface area contributed by atoms with Crippen LogP contribution >= 0.6 is 0 Å². The third-order valence-electron chi connectivity index (χ3n) is 2.32. The molecular formula is C11H13FN4. The van der Waals surface area contributed by atoms with Gasteiger partial charge in [-0.1, -0.05) is 6.92 Å². The molecule has 0 fully saturated rings. The van der Waals surface area contributed by atoms with Gasteiger partial charge in [0.25, 0.3) is 0 Å². The monoisotopic (exact) mass is 220 g/mol. The minimum absolute atomic E-state index is 0.261. The molecule has 0 amide bonds. The summed E-state index contributed by atoms with van der Waals surface area (Å²) in [6.07, 6.45) is 6.16. The number of rotatable bonds is 4. The van der Waals surface area contributed by atoms with E-state index in [-0.39, 0.29) is 11.9 Å². The molecule has 0 saturated carbocycles. The number of aromatic amines is 1. The third-order valence-corrected chi connectivity index (χ3v) is 2.32. The molecule has 1 atom stereocenters. The molecule has 2 aromatic heterocycles. The van der Waals surface area contributed by atoms with Crippen LogP contribution in [0.5, 0.6) is 0 Å². The maximum atomic E-state index is 13.6. The highest BCUT2D eigenvalue weighted by molar-refractivity contribution is 5.23. The second kappa shape index (κ2) is 4.85. The standard InChI is InChI=1S/C11H13FN4/c1-2-14-10(11-15-5-6-16-11)8-3-4-13-7-9(8)12/h3-7,10,14H,2H2,1H3,(H,15,16). The zero-order valence-corrected chi connectivity index (χ0v) is 8.94. The lowest BCUT2D eigenvalue weighted by molar-refractivity contribution is 0.542. The van der Waals surface area contributed by atoms with Gasteiger partial charge in [0, 0.05) is 24.2 Å². The first-order valence-corrected chi connectivity index (χ1v) is 5.15. The highest BCUT2D eigenvalue weighted by Crippen LogP contribution is 2.20. The van der Waals surface area contributed by atoms with Crippen molar-refractivity contribution in [2.24, 2.45) is 0 Å². The van der Waals surface area contributed by atoms with Crippen molar-refractivity contribution < 1.29 is 4.39 Å². The number of aromatic nitrogens is 3. The quantitative estimate of drug-likeness (QED) is 0.823. The molecule has 1 unspecified atom stereocenters. The Morgan fingerprint density at radius 3 is 3.00 bits per heavy atom. The molecule has 2 N–H and O–H groups in total. The van der Waals surface area contributed by atoms with Crippen molar-refractivity contribution in [3.63, 3.8) is 0 Å². The van der Waals surface area contributed by atoms with E-state index < -0.39 is 0 Å². The summed E-state index contributed by atoms with van der Waals surface area (Å²) in [5.41, 5.74) is 0.548. The van der Waals surface area contributed by atoms with E-state index in [0.29, 0.717) is 11.4 Å². The number of imidazole rings is 1. The summed E-state index contributed by atoms with van der Waals surface area (Å²) in [5, 5.41) is 3.18. The first-order chi connectivity index (χ1) is 7.83. The topological polar surface area (TPSA) is 53.6 Å². The number of hydrogen-bond acceptors (Lipinski definition) is 3. The van der Waals surface area contributed by atoms with Crippen molar-refractivity contribution >= 4 is 0 Å². The highest BCUT2D eigenvalue weighted by atomic mass is 19.1. The summed E-state index contributed by atoms with van der Waals surface area (Å²) in [7, 11) is 0. The summed E-state index contributed by atoms with van der Waals surface area (Å²) in [5.74, 6) is 0.372. The van der Waals surface area contributed by atoms with E-state index in [2.05, 4.69) is 20.3 Å². The average Bonchev–Trinajstić information content (AvgIpc) is 2.80. The molecule has 0 aliphatic carbocycles. The number of pyridine rings is 1. The Morgan fingerprint density at radius 2 is 2.38 bits per heavy atom. The Balaban J connectivity index is 2.37. The van der Waals surface area contributed by atoms with E-state index in [4.69, 9.17) is 0 Å². The molecule has 0 aliphatic rings. The Kier molecular flexibility index (Phi) is 3.26. The van der Waals surface area contributed by atoms with Crippen molar-refractivity contribution in [3.8, 4) is 0 Å². The summed E-state index contributed by atoms with van der Waals surface area (Å²) in [6.45, 7) is 2.70. The van der Waals surface area contributed by atoms with E-state index in [1.165, 1.54) is 6.20 Å². The molecule has 2 aromatic rings. The first kappa shape index (κ1) is 10.8. The Morgan fingerprint density at radius 1 is 1.50 bits per heavy atom. The lowest BCUT2D eigenvalue weighted by atomic mass is 10.1. The minimum Gasteiger partial charge on any atom is -0.347 e. The second-order valence-electron chi connectivity index (χ2n) is 3.36. The molecule has 0 aromatic carbocycles. The molecule has 5 heteroatoms. The van der Waals surface area contributed by atoms with Gasteiger partial charge < -0.3 is 10.3 Å². The molecule has 0 saturated heterocycles.